The fraction of sp³-hybridized carbons (Fsp3) is 0.412. The van der Waals surface area contributed by atoms with Gasteiger partial charge in [-0.2, -0.15) is 0 Å². The number of ether oxygens (including phenoxy) is 2. The highest BCUT2D eigenvalue weighted by Crippen LogP contribution is 2.28. The average Bonchev–Trinajstić information content (AvgIpc) is 2.51. The lowest BCUT2D eigenvalue weighted by molar-refractivity contribution is -0.654. The Hall–Kier alpha value is -1.52. The first-order chi connectivity index (χ1) is 10.3. The second-order valence-electron chi connectivity index (χ2n) is 4.64. The Balaban J connectivity index is 0.00000441. The van der Waals surface area contributed by atoms with Crippen molar-refractivity contribution < 1.29 is 31.6 Å². The van der Waals surface area contributed by atoms with Crippen molar-refractivity contribution in [2.45, 2.75) is 12.8 Å². The maximum atomic E-state index is 12.0. The van der Waals surface area contributed by atoms with E-state index in [9.17, 15) is 4.39 Å². The molecular weight excluding hydrogens is 305 g/mol. The summed E-state index contributed by atoms with van der Waals surface area (Å²) in [6.07, 6.45) is 4.93. The van der Waals surface area contributed by atoms with E-state index in [4.69, 9.17) is 9.47 Å². The smallest absolute Gasteiger partial charge is 0.161 e. The Labute approximate surface area is 138 Å². The van der Waals surface area contributed by atoms with Crippen LogP contribution in [0.1, 0.15) is 12.0 Å². The molecule has 5 heteroatoms. The molecule has 0 radical (unpaired) electrons. The van der Waals surface area contributed by atoms with E-state index in [-0.39, 0.29) is 19.1 Å². The monoisotopic (exact) mass is 329 g/mol. The zero-order chi connectivity index (χ0) is 15.3. The highest BCUT2D eigenvalue weighted by Gasteiger charge is 2.06. The summed E-state index contributed by atoms with van der Waals surface area (Å²) in [5.74, 6) is 1.43. The molecule has 1 aromatic carbocycles. The molecule has 0 saturated heterocycles. The van der Waals surface area contributed by atoms with Crippen LogP contribution >= 0.6 is 0 Å². The van der Waals surface area contributed by atoms with Crippen molar-refractivity contribution in [3.63, 3.8) is 0 Å². The van der Waals surface area contributed by atoms with E-state index in [1.165, 1.54) is 5.56 Å². The van der Waals surface area contributed by atoms with Gasteiger partial charge in [0.05, 0.1) is 19.8 Å². The maximum absolute atomic E-state index is 12.0. The zero-order valence-corrected chi connectivity index (χ0v) is 13.7. The summed E-state index contributed by atoms with van der Waals surface area (Å²) in [6, 6.07) is 5.94. The number of alkyl halides is 1. The lowest BCUT2D eigenvalue weighted by Gasteiger charge is -2.12. The predicted octanol–water partition coefficient (Wildman–Crippen LogP) is -0.714. The van der Waals surface area contributed by atoms with Crippen LogP contribution in [0, 0.1) is 0 Å². The summed E-state index contributed by atoms with van der Waals surface area (Å²) in [7, 11) is 0. The van der Waals surface area contributed by atoms with Crippen LogP contribution in [-0.2, 0) is 6.42 Å². The minimum atomic E-state index is -0.245. The molecule has 0 aliphatic rings. The number of hydrogen-bond donors (Lipinski definition) is 1. The van der Waals surface area contributed by atoms with Gasteiger partial charge in [-0.15, -0.1) is 0 Å². The number of benzene rings is 1. The second-order valence-corrected chi connectivity index (χ2v) is 4.64. The van der Waals surface area contributed by atoms with Gasteiger partial charge in [-0.1, -0.05) is 31.4 Å². The SMILES string of the molecule is C=CCOc1ccc(CC[NH2+]CCCF)cc1OCC=C.[Cl-]. The Morgan fingerprint density at radius 2 is 1.73 bits per heavy atom. The van der Waals surface area contributed by atoms with Crippen LogP contribution in [-0.4, -0.2) is 33.0 Å². The number of nitrogens with two attached hydrogens (primary N) is 1. The highest BCUT2D eigenvalue weighted by molar-refractivity contribution is 5.43. The molecule has 3 nitrogen and oxygen atoms in total. The highest BCUT2D eigenvalue weighted by atomic mass is 35.5. The minimum Gasteiger partial charge on any atom is -1.00 e. The summed E-state index contributed by atoms with van der Waals surface area (Å²) in [5, 5.41) is 2.13. The van der Waals surface area contributed by atoms with Gasteiger partial charge < -0.3 is 27.2 Å². The van der Waals surface area contributed by atoms with Crippen LogP contribution in [0.25, 0.3) is 0 Å². The summed E-state index contributed by atoms with van der Waals surface area (Å²) < 4.78 is 23.2. The minimum absolute atomic E-state index is 0. The predicted molar refractivity (Wildman–Crippen MR) is 83.8 cm³/mol. The molecule has 1 rings (SSSR count). The van der Waals surface area contributed by atoms with E-state index in [0.29, 0.717) is 25.4 Å². The van der Waals surface area contributed by atoms with Gasteiger partial charge in [0.15, 0.2) is 11.5 Å². The van der Waals surface area contributed by atoms with Gasteiger partial charge in [-0.3, -0.25) is 4.39 Å². The molecule has 2 N–H and O–H groups in total. The normalized spacial score (nSPS) is 9.68. The first-order valence-electron chi connectivity index (χ1n) is 7.29. The Morgan fingerprint density at radius 3 is 2.36 bits per heavy atom. The van der Waals surface area contributed by atoms with E-state index >= 15 is 0 Å². The number of rotatable bonds is 12. The first kappa shape index (κ1) is 20.5. The third-order valence-electron chi connectivity index (χ3n) is 2.90. The van der Waals surface area contributed by atoms with E-state index in [0.717, 1.165) is 25.3 Å². The molecule has 0 heterocycles. The third kappa shape index (κ3) is 8.05. The molecule has 22 heavy (non-hydrogen) atoms. The zero-order valence-electron chi connectivity index (χ0n) is 12.9. The van der Waals surface area contributed by atoms with Crippen LogP contribution in [0.15, 0.2) is 43.5 Å². The lowest BCUT2D eigenvalue weighted by Crippen LogP contribution is -3.00. The molecule has 0 atom stereocenters. The standard InChI is InChI=1S/C17H24FNO2.ClH/c1-3-12-20-16-7-6-15(8-11-19-10-5-9-18)14-17(16)21-13-4-2;/h3-4,6-7,14,19H,1-2,5,8-13H2;1H. The van der Waals surface area contributed by atoms with E-state index in [1.54, 1.807) is 12.2 Å². The molecule has 0 fully saturated rings. The van der Waals surface area contributed by atoms with Crippen molar-refractivity contribution in [2.24, 2.45) is 0 Å². The average molecular weight is 330 g/mol. The third-order valence-corrected chi connectivity index (χ3v) is 2.90. The Morgan fingerprint density at radius 1 is 1.05 bits per heavy atom. The summed E-state index contributed by atoms with van der Waals surface area (Å²) in [5.41, 5.74) is 1.18. The largest absolute Gasteiger partial charge is 1.00 e. The fourth-order valence-corrected chi connectivity index (χ4v) is 1.87. The number of hydrogen-bond acceptors (Lipinski definition) is 2. The molecular formula is C17H25ClFNO2. The van der Waals surface area contributed by atoms with Crippen molar-refractivity contribution in [1.82, 2.24) is 0 Å². The van der Waals surface area contributed by atoms with Crippen molar-refractivity contribution in [2.75, 3.05) is 33.0 Å². The summed E-state index contributed by atoms with van der Waals surface area (Å²) >= 11 is 0. The summed E-state index contributed by atoms with van der Waals surface area (Å²) in [6.45, 7) is 9.70. The van der Waals surface area contributed by atoms with E-state index < -0.39 is 0 Å². The fourth-order valence-electron chi connectivity index (χ4n) is 1.87. The Kier molecular flexibility index (Phi) is 12.3. The van der Waals surface area contributed by atoms with Gasteiger partial charge in [0, 0.05) is 12.8 Å². The molecule has 0 bridgehead atoms. The van der Waals surface area contributed by atoms with Crippen LogP contribution in [0.5, 0.6) is 11.5 Å². The van der Waals surface area contributed by atoms with E-state index in [2.05, 4.69) is 18.5 Å². The molecule has 0 aliphatic carbocycles. The van der Waals surface area contributed by atoms with Crippen molar-refractivity contribution in [3.05, 3.63) is 49.1 Å². The van der Waals surface area contributed by atoms with E-state index in [1.807, 2.05) is 18.2 Å². The van der Waals surface area contributed by atoms with Gasteiger partial charge in [0.25, 0.3) is 0 Å². The second kappa shape index (κ2) is 13.2. The van der Waals surface area contributed by atoms with Gasteiger partial charge in [0.1, 0.15) is 13.2 Å². The van der Waals surface area contributed by atoms with Gasteiger partial charge in [-0.05, 0) is 17.7 Å². The molecule has 0 amide bonds. The topological polar surface area (TPSA) is 35.1 Å². The van der Waals surface area contributed by atoms with Crippen LogP contribution in [0.4, 0.5) is 4.39 Å². The number of halogens is 2. The molecule has 124 valence electrons. The molecule has 0 unspecified atom stereocenters. The van der Waals surface area contributed by atoms with Gasteiger partial charge in [-0.25, -0.2) is 0 Å². The van der Waals surface area contributed by atoms with Crippen LogP contribution < -0.4 is 27.2 Å². The summed E-state index contributed by atoms with van der Waals surface area (Å²) in [4.78, 5) is 0. The number of quaternary nitrogens is 1. The molecule has 0 aliphatic heterocycles. The molecule has 0 spiro atoms. The van der Waals surface area contributed by atoms with Gasteiger partial charge >= 0.3 is 0 Å². The lowest BCUT2D eigenvalue weighted by atomic mass is 10.1. The molecule has 0 aromatic heterocycles. The first-order valence-corrected chi connectivity index (χ1v) is 7.29. The van der Waals surface area contributed by atoms with Crippen LogP contribution in [0.2, 0.25) is 0 Å². The molecule has 1 aromatic rings. The Bertz CT molecular complexity index is 441. The maximum Gasteiger partial charge on any atom is 0.161 e. The van der Waals surface area contributed by atoms with Crippen LogP contribution in [0.3, 0.4) is 0 Å². The van der Waals surface area contributed by atoms with Crippen molar-refractivity contribution in [1.29, 1.82) is 0 Å². The van der Waals surface area contributed by atoms with Crippen molar-refractivity contribution >= 4 is 0 Å². The quantitative estimate of drug-likeness (QED) is 0.406. The van der Waals surface area contributed by atoms with Crippen molar-refractivity contribution in [3.8, 4) is 11.5 Å². The molecule has 0 saturated carbocycles. The van der Waals surface area contributed by atoms with Gasteiger partial charge in [0.2, 0.25) is 0 Å².